The second-order valence-electron chi connectivity index (χ2n) is 7.03. The summed E-state index contributed by atoms with van der Waals surface area (Å²) in [6.07, 6.45) is 3.97. The molecule has 3 aromatic rings. The van der Waals surface area contributed by atoms with Crippen molar-refractivity contribution in [3.05, 3.63) is 51.1 Å². The number of nitrogens with one attached hydrogen (secondary N) is 1. The standard InChI is InChI=1S/C20H23N5O2S/c1-24-17-16(5-2-9-21-17)23-18(20(24)27)25-11-7-14(8-12-25)19(26)22-10-6-15-4-3-13-28-15/h2-5,9,13-14H,6-8,10-12H2,1H3,(H,22,26). The molecule has 28 heavy (non-hydrogen) atoms. The van der Waals surface area contributed by atoms with Gasteiger partial charge in [0.05, 0.1) is 0 Å². The van der Waals surface area contributed by atoms with Crippen LogP contribution >= 0.6 is 11.3 Å². The van der Waals surface area contributed by atoms with Gasteiger partial charge in [0.15, 0.2) is 11.5 Å². The molecule has 0 saturated carbocycles. The van der Waals surface area contributed by atoms with E-state index in [1.165, 1.54) is 4.88 Å². The number of anilines is 1. The van der Waals surface area contributed by atoms with Crippen LogP contribution in [-0.4, -0.2) is 40.1 Å². The number of nitrogens with zero attached hydrogens (tertiary/aromatic N) is 4. The van der Waals surface area contributed by atoms with Crippen molar-refractivity contribution in [2.75, 3.05) is 24.5 Å². The Balaban J connectivity index is 1.37. The van der Waals surface area contributed by atoms with Gasteiger partial charge in [0.25, 0.3) is 5.56 Å². The third kappa shape index (κ3) is 3.77. The van der Waals surface area contributed by atoms with E-state index in [2.05, 4.69) is 21.4 Å². The lowest BCUT2D eigenvalue weighted by Gasteiger charge is -2.31. The number of aromatic nitrogens is 3. The number of pyridine rings is 1. The average molecular weight is 398 g/mol. The van der Waals surface area contributed by atoms with E-state index in [-0.39, 0.29) is 17.4 Å². The molecule has 0 unspecified atom stereocenters. The Bertz CT molecular complexity index is 1020. The summed E-state index contributed by atoms with van der Waals surface area (Å²) in [5.74, 6) is 0.546. The Morgan fingerprint density at radius 1 is 1.29 bits per heavy atom. The lowest BCUT2D eigenvalue weighted by atomic mass is 9.96. The summed E-state index contributed by atoms with van der Waals surface area (Å²) in [7, 11) is 1.72. The lowest BCUT2D eigenvalue weighted by Crippen LogP contribution is -2.43. The van der Waals surface area contributed by atoms with Gasteiger partial charge in [-0.25, -0.2) is 9.97 Å². The van der Waals surface area contributed by atoms with E-state index in [1.807, 2.05) is 28.5 Å². The van der Waals surface area contributed by atoms with Crippen LogP contribution in [-0.2, 0) is 18.3 Å². The minimum Gasteiger partial charge on any atom is -0.355 e. The van der Waals surface area contributed by atoms with Crippen LogP contribution < -0.4 is 15.8 Å². The summed E-state index contributed by atoms with van der Waals surface area (Å²) in [5.41, 5.74) is 1.13. The SMILES string of the molecule is Cn1c(=O)c(N2CCC(C(=O)NCCc3cccs3)CC2)nc2cccnc21. The lowest BCUT2D eigenvalue weighted by molar-refractivity contribution is -0.125. The topological polar surface area (TPSA) is 80.1 Å². The van der Waals surface area contributed by atoms with E-state index < -0.39 is 0 Å². The summed E-state index contributed by atoms with van der Waals surface area (Å²) in [6.45, 7) is 1.97. The zero-order valence-corrected chi connectivity index (χ0v) is 16.6. The third-order valence-corrected chi connectivity index (χ3v) is 6.16. The van der Waals surface area contributed by atoms with Gasteiger partial charge in [-0.2, -0.15) is 0 Å². The summed E-state index contributed by atoms with van der Waals surface area (Å²) < 4.78 is 1.54. The molecule has 7 nitrogen and oxygen atoms in total. The first-order valence-electron chi connectivity index (χ1n) is 9.50. The van der Waals surface area contributed by atoms with Gasteiger partial charge in [0.1, 0.15) is 5.52 Å². The van der Waals surface area contributed by atoms with E-state index in [0.29, 0.717) is 36.6 Å². The van der Waals surface area contributed by atoms with Gasteiger partial charge < -0.3 is 10.2 Å². The van der Waals surface area contributed by atoms with E-state index in [0.717, 1.165) is 19.3 Å². The molecule has 3 aromatic heterocycles. The number of thiophene rings is 1. The first-order chi connectivity index (χ1) is 13.6. The molecule has 1 amide bonds. The van der Waals surface area contributed by atoms with Gasteiger partial charge in [-0.1, -0.05) is 6.07 Å². The van der Waals surface area contributed by atoms with Crippen LogP contribution in [0.5, 0.6) is 0 Å². The molecule has 1 aliphatic heterocycles. The predicted octanol–water partition coefficient (Wildman–Crippen LogP) is 1.97. The van der Waals surface area contributed by atoms with Gasteiger partial charge in [0.2, 0.25) is 5.91 Å². The van der Waals surface area contributed by atoms with E-state index in [4.69, 9.17) is 0 Å². The fraction of sp³-hybridized carbons (Fsp3) is 0.400. The molecule has 1 saturated heterocycles. The highest BCUT2D eigenvalue weighted by molar-refractivity contribution is 7.09. The van der Waals surface area contributed by atoms with Crippen LogP contribution in [0, 0.1) is 5.92 Å². The van der Waals surface area contributed by atoms with Crippen LogP contribution in [0.3, 0.4) is 0 Å². The Hall–Kier alpha value is -2.74. The van der Waals surface area contributed by atoms with Gasteiger partial charge in [0, 0.05) is 43.7 Å². The smallest absolute Gasteiger partial charge is 0.294 e. The highest BCUT2D eigenvalue weighted by Gasteiger charge is 2.27. The molecule has 1 aliphatic rings. The number of hydrogen-bond acceptors (Lipinski definition) is 6. The van der Waals surface area contributed by atoms with E-state index >= 15 is 0 Å². The predicted molar refractivity (Wildman–Crippen MR) is 111 cm³/mol. The van der Waals surface area contributed by atoms with Gasteiger partial charge in [-0.15, -0.1) is 11.3 Å². The monoisotopic (exact) mass is 397 g/mol. The Kier molecular flexibility index (Phi) is 5.38. The molecule has 0 spiro atoms. The fourth-order valence-electron chi connectivity index (χ4n) is 3.61. The molecule has 1 fully saturated rings. The zero-order chi connectivity index (χ0) is 19.5. The number of rotatable bonds is 5. The molecule has 0 aromatic carbocycles. The number of hydrogen-bond donors (Lipinski definition) is 1. The fourth-order valence-corrected chi connectivity index (χ4v) is 4.32. The van der Waals surface area contributed by atoms with Crippen molar-refractivity contribution in [3.63, 3.8) is 0 Å². The summed E-state index contributed by atoms with van der Waals surface area (Å²) in [4.78, 5) is 37.2. The Morgan fingerprint density at radius 3 is 2.86 bits per heavy atom. The largest absolute Gasteiger partial charge is 0.355 e. The van der Waals surface area contributed by atoms with Crippen molar-refractivity contribution in [1.29, 1.82) is 0 Å². The van der Waals surface area contributed by atoms with Crippen molar-refractivity contribution in [2.24, 2.45) is 13.0 Å². The summed E-state index contributed by atoms with van der Waals surface area (Å²) in [6, 6.07) is 7.79. The van der Waals surface area contributed by atoms with Gasteiger partial charge in [-0.05, 0) is 42.8 Å². The van der Waals surface area contributed by atoms with Crippen LogP contribution in [0.4, 0.5) is 5.82 Å². The van der Waals surface area contributed by atoms with E-state index in [1.54, 1.807) is 29.1 Å². The maximum atomic E-state index is 12.7. The van der Waals surface area contributed by atoms with E-state index in [9.17, 15) is 9.59 Å². The van der Waals surface area contributed by atoms with Crippen molar-refractivity contribution < 1.29 is 4.79 Å². The molecular weight excluding hydrogens is 374 g/mol. The van der Waals surface area contributed by atoms with Crippen molar-refractivity contribution in [2.45, 2.75) is 19.3 Å². The molecule has 0 aliphatic carbocycles. The molecular formula is C20H23N5O2S. The first-order valence-corrected chi connectivity index (χ1v) is 10.4. The summed E-state index contributed by atoms with van der Waals surface area (Å²) >= 11 is 1.71. The highest BCUT2D eigenvalue weighted by atomic mass is 32.1. The van der Waals surface area contributed by atoms with Gasteiger partial charge >= 0.3 is 0 Å². The normalized spacial score (nSPS) is 15.1. The number of aryl methyl sites for hydroxylation is 1. The molecule has 146 valence electrons. The average Bonchev–Trinajstić information content (AvgIpc) is 3.24. The molecule has 4 rings (SSSR count). The highest BCUT2D eigenvalue weighted by Crippen LogP contribution is 2.21. The Labute approximate surface area is 167 Å². The van der Waals surface area contributed by atoms with Crippen LogP contribution in [0.25, 0.3) is 11.2 Å². The second kappa shape index (κ2) is 8.10. The number of piperidine rings is 1. The molecule has 0 atom stereocenters. The molecule has 1 N–H and O–H groups in total. The number of fused-ring (bicyclic) bond motifs is 1. The van der Waals surface area contributed by atoms with Crippen molar-refractivity contribution in [3.8, 4) is 0 Å². The number of carbonyl (C=O) groups is 1. The van der Waals surface area contributed by atoms with Crippen LogP contribution in [0.1, 0.15) is 17.7 Å². The third-order valence-electron chi connectivity index (χ3n) is 5.22. The maximum Gasteiger partial charge on any atom is 0.294 e. The number of carbonyl (C=O) groups excluding carboxylic acids is 1. The summed E-state index contributed by atoms with van der Waals surface area (Å²) in [5, 5.41) is 5.10. The zero-order valence-electron chi connectivity index (χ0n) is 15.8. The molecule has 0 bridgehead atoms. The first kappa shape index (κ1) is 18.6. The molecule has 0 radical (unpaired) electrons. The quantitative estimate of drug-likeness (QED) is 0.712. The second-order valence-corrected chi connectivity index (χ2v) is 8.06. The van der Waals surface area contributed by atoms with Crippen molar-refractivity contribution in [1.82, 2.24) is 19.9 Å². The molecule has 8 heteroatoms. The van der Waals surface area contributed by atoms with Crippen molar-refractivity contribution >= 4 is 34.2 Å². The van der Waals surface area contributed by atoms with Gasteiger partial charge in [-0.3, -0.25) is 14.2 Å². The number of amides is 1. The minimum absolute atomic E-state index is 0.00874. The maximum absolute atomic E-state index is 12.7. The Morgan fingerprint density at radius 2 is 2.11 bits per heavy atom. The molecule has 4 heterocycles. The minimum atomic E-state index is -0.148. The van der Waals surface area contributed by atoms with Crippen LogP contribution in [0.2, 0.25) is 0 Å². The van der Waals surface area contributed by atoms with Crippen LogP contribution in [0.15, 0.2) is 40.6 Å².